The van der Waals surface area contributed by atoms with Gasteiger partial charge in [0.15, 0.2) is 5.82 Å². The summed E-state index contributed by atoms with van der Waals surface area (Å²) in [5, 5.41) is 4.06. The zero-order chi connectivity index (χ0) is 14.0. The van der Waals surface area contributed by atoms with E-state index in [0.29, 0.717) is 11.6 Å². The number of nitrogens with two attached hydrogens (primary N) is 1. The van der Waals surface area contributed by atoms with E-state index >= 15 is 0 Å². The van der Waals surface area contributed by atoms with Gasteiger partial charge in [0.1, 0.15) is 0 Å². The minimum atomic E-state index is -0.390. The van der Waals surface area contributed by atoms with Gasteiger partial charge in [-0.15, -0.1) is 11.8 Å². The van der Waals surface area contributed by atoms with Crippen molar-refractivity contribution in [1.82, 2.24) is 10.1 Å². The van der Waals surface area contributed by atoms with Crippen molar-refractivity contribution in [3.05, 3.63) is 41.5 Å². The zero-order valence-electron chi connectivity index (χ0n) is 11.6. The second kappa shape index (κ2) is 5.58. The molecule has 1 fully saturated rings. The average molecular weight is 289 g/mol. The van der Waals surface area contributed by atoms with Crippen molar-refractivity contribution >= 4 is 11.8 Å². The lowest BCUT2D eigenvalue weighted by Gasteiger charge is -2.17. The highest BCUT2D eigenvalue weighted by Crippen LogP contribution is 2.35. The van der Waals surface area contributed by atoms with Crippen LogP contribution in [0, 0.1) is 6.92 Å². The normalized spacial score (nSPS) is 17.5. The molecule has 1 aromatic carbocycles. The molecule has 3 rings (SSSR count). The van der Waals surface area contributed by atoms with Crippen molar-refractivity contribution in [1.29, 1.82) is 0 Å². The average Bonchev–Trinajstić information content (AvgIpc) is 3.08. The molecule has 5 heteroatoms. The van der Waals surface area contributed by atoms with Crippen molar-refractivity contribution in [2.45, 2.75) is 48.8 Å². The smallest absolute Gasteiger partial charge is 0.246 e. The van der Waals surface area contributed by atoms with Crippen LogP contribution in [-0.2, 0) is 11.3 Å². The van der Waals surface area contributed by atoms with E-state index in [2.05, 4.69) is 29.2 Å². The predicted molar refractivity (Wildman–Crippen MR) is 79.4 cm³/mol. The van der Waals surface area contributed by atoms with Crippen LogP contribution in [0.15, 0.2) is 33.7 Å². The van der Waals surface area contributed by atoms with Gasteiger partial charge in [0.2, 0.25) is 5.89 Å². The summed E-state index contributed by atoms with van der Waals surface area (Å²) in [5.74, 6) is 2.05. The molecule has 1 aliphatic rings. The van der Waals surface area contributed by atoms with Crippen LogP contribution in [0.4, 0.5) is 0 Å². The van der Waals surface area contributed by atoms with Gasteiger partial charge in [0.25, 0.3) is 0 Å². The molecule has 0 radical (unpaired) electrons. The number of nitrogens with zero attached hydrogens (tertiary/aromatic N) is 2. The summed E-state index contributed by atoms with van der Waals surface area (Å²) in [6.07, 6.45) is 4.18. The molecule has 4 nitrogen and oxygen atoms in total. The predicted octanol–water partition coefficient (Wildman–Crippen LogP) is 3.40. The number of hydrogen-bond acceptors (Lipinski definition) is 5. The fourth-order valence-corrected chi connectivity index (χ4v) is 3.47. The maximum atomic E-state index is 6.32. The van der Waals surface area contributed by atoms with E-state index in [9.17, 15) is 0 Å². The van der Waals surface area contributed by atoms with Crippen molar-refractivity contribution in [3.63, 3.8) is 0 Å². The molecule has 20 heavy (non-hydrogen) atoms. The first-order valence-corrected chi connectivity index (χ1v) is 7.96. The minimum Gasteiger partial charge on any atom is -0.337 e. The molecule has 0 spiro atoms. The number of aromatic nitrogens is 2. The standard InChI is InChI=1S/C15H19N3OS/c1-11-6-2-3-7-12(11)20-10-13-17-14(19-18-13)15(16)8-4-5-9-15/h2-3,6-7H,4-5,8-10,16H2,1H3. The molecule has 0 atom stereocenters. The fraction of sp³-hybridized carbons (Fsp3) is 0.467. The van der Waals surface area contributed by atoms with Crippen molar-refractivity contribution in [2.24, 2.45) is 5.73 Å². The molecule has 0 bridgehead atoms. The second-order valence-corrected chi connectivity index (χ2v) is 6.45. The van der Waals surface area contributed by atoms with Crippen molar-refractivity contribution in [2.75, 3.05) is 0 Å². The molecule has 0 saturated heterocycles. The Kier molecular flexibility index (Phi) is 3.81. The molecule has 2 N–H and O–H groups in total. The van der Waals surface area contributed by atoms with Gasteiger partial charge in [-0.2, -0.15) is 4.98 Å². The zero-order valence-corrected chi connectivity index (χ0v) is 12.4. The van der Waals surface area contributed by atoms with Crippen LogP contribution in [0.1, 0.15) is 43.0 Å². The van der Waals surface area contributed by atoms with E-state index in [-0.39, 0.29) is 0 Å². The van der Waals surface area contributed by atoms with Gasteiger partial charge in [-0.3, -0.25) is 0 Å². The Labute approximate surface area is 123 Å². The quantitative estimate of drug-likeness (QED) is 0.874. The molecule has 1 saturated carbocycles. The van der Waals surface area contributed by atoms with Crippen molar-refractivity contribution < 1.29 is 4.52 Å². The summed E-state index contributed by atoms with van der Waals surface area (Å²) in [6, 6.07) is 8.31. The number of hydrogen-bond donors (Lipinski definition) is 1. The summed E-state index contributed by atoms with van der Waals surface area (Å²) < 4.78 is 5.37. The van der Waals surface area contributed by atoms with Crippen LogP contribution in [0.25, 0.3) is 0 Å². The number of aryl methyl sites for hydroxylation is 1. The Morgan fingerprint density at radius 1 is 1.30 bits per heavy atom. The first-order chi connectivity index (χ1) is 9.67. The van der Waals surface area contributed by atoms with E-state index in [1.165, 1.54) is 10.5 Å². The molecule has 2 aromatic rings. The highest BCUT2D eigenvalue weighted by atomic mass is 32.2. The lowest BCUT2D eigenvalue weighted by atomic mass is 10.00. The third kappa shape index (κ3) is 2.74. The van der Waals surface area contributed by atoms with Crippen LogP contribution in [0.3, 0.4) is 0 Å². The van der Waals surface area contributed by atoms with Crippen LogP contribution in [0.2, 0.25) is 0 Å². The highest BCUT2D eigenvalue weighted by Gasteiger charge is 2.36. The summed E-state index contributed by atoms with van der Waals surface area (Å²) in [7, 11) is 0. The molecular formula is C15H19N3OS. The molecule has 1 heterocycles. The summed E-state index contributed by atoms with van der Waals surface area (Å²) >= 11 is 1.73. The summed E-state index contributed by atoms with van der Waals surface area (Å²) in [5.41, 5.74) is 7.20. The van der Waals surface area contributed by atoms with Gasteiger partial charge in [0, 0.05) is 4.90 Å². The molecule has 0 aliphatic heterocycles. The van der Waals surface area contributed by atoms with Crippen LogP contribution >= 0.6 is 11.8 Å². The number of benzene rings is 1. The minimum absolute atomic E-state index is 0.390. The van der Waals surface area contributed by atoms with Crippen LogP contribution in [-0.4, -0.2) is 10.1 Å². The largest absolute Gasteiger partial charge is 0.337 e. The lowest BCUT2D eigenvalue weighted by molar-refractivity contribution is 0.284. The molecule has 1 aromatic heterocycles. The summed E-state index contributed by atoms with van der Waals surface area (Å²) in [4.78, 5) is 5.74. The molecule has 0 amide bonds. The topological polar surface area (TPSA) is 64.9 Å². The van der Waals surface area contributed by atoms with Gasteiger partial charge in [-0.1, -0.05) is 36.2 Å². The van der Waals surface area contributed by atoms with Crippen LogP contribution < -0.4 is 5.73 Å². The first-order valence-electron chi connectivity index (χ1n) is 6.98. The Hall–Kier alpha value is -1.33. The molecule has 106 valence electrons. The molecular weight excluding hydrogens is 270 g/mol. The Bertz CT molecular complexity index is 590. The number of rotatable bonds is 4. The van der Waals surface area contributed by atoms with Gasteiger partial charge >= 0.3 is 0 Å². The van der Waals surface area contributed by atoms with E-state index in [4.69, 9.17) is 10.3 Å². The fourth-order valence-electron chi connectivity index (χ4n) is 2.60. The van der Waals surface area contributed by atoms with Crippen LogP contribution in [0.5, 0.6) is 0 Å². The monoisotopic (exact) mass is 289 g/mol. The maximum absolute atomic E-state index is 6.32. The molecule has 0 unspecified atom stereocenters. The Morgan fingerprint density at radius 3 is 2.80 bits per heavy atom. The molecule has 1 aliphatic carbocycles. The van der Waals surface area contributed by atoms with Gasteiger partial charge in [-0.25, -0.2) is 0 Å². The third-order valence-corrected chi connectivity index (χ3v) is 5.01. The second-order valence-electron chi connectivity index (χ2n) is 5.43. The van der Waals surface area contributed by atoms with E-state index in [1.807, 2.05) is 12.1 Å². The number of thioether (sulfide) groups is 1. The van der Waals surface area contributed by atoms with Gasteiger partial charge in [0.05, 0.1) is 11.3 Å². The van der Waals surface area contributed by atoms with E-state index < -0.39 is 5.54 Å². The lowest BCUT2D eigenvalue weighted by Crippen LogP contribution is -2.33. The van der Waals surface area contributed by atoms with Gasteiger partial charge in [-0.05, 0) is 31.4 Å². The van der Waals surface area contributed by atoms with E-state index in [0.717, 1.165) is 31.5 Å². The Balaban J connectivity index is 1.67. The maximum Gasteiger partial charge on any atom is 0.246 e. The summed E-state index contributed by atoms with van der Waals surface area (Å²) in [6.45, 7) is 2.11. The van der Waals surface area contributed by atoms with E-state index in [1.54, 1.807) is 11.8 Å². The highest BCUT2D eigenvalue weighted by molar-refractivity contribution is 7.98. The first kappa shape index (κ1) is 13.6. The van der Waals surface area contributed by atoms with Crippen molar-refractivity contribution in [3.8, 4) is 0 Å². The Morgan fingerprint density at radius 2 is 2.05 bits per heavy atom. The SMILES string of the molecule is Cc1ccccc1SCc1noc(C2(N)CCCC2)n1. The third-order valence-electron chi connectivity index (χ3n) is 3.84. The van der Waals surface area contributed by atoms with Gasteiger partial charge < -0.3 is 10.3 Å².